The van der Waals surface area contributed by atoms with Gasteiger partial charge in [0, 0.05) is 6.07 Å². The Bertz CT molecular complexity index is 519. The van der Waals surface area contributed by atoms with E-state index < -0.39 is 0 Å². The van der Waals surface area contributed by atoms with Gasteiger partial charge in [-0.3, -0.25) is 0 Å². The molecule has 1 aliphatic heterocycles. The number of ether oxygens (including phenoxy) is 1. The first kappa shape index (κ1) is 10.6. The van der Waals surface area contributed by atoms with E-state index in [0.29, 0.717) is 17.1 Å². The third-order valence-electron chi connectivity index (χ3n) is 3.64. The van der Waals surface area contributed by atoms with Gasteiger partial charge in [0.25, 0.3) is 0 Å². The molecule has 1 aromatic heterocycles. The van der Waals surface area contributed by atoms with Crippen LogP contribution in [0.15, 0.2) is 21.4 Å². The highest BCUT2D eigenvalue weighted by Crippen LogP contribution is 2.38. The quantitative estimate of drug-likeness (QED) is 0.690. The summed E-state index contributed by atoms with van der Waals surface area (Å²) in [4.78, 5) is 11.7. The Morgan fingerprint density at radius 2 is 2.00 bits per heavy atom. The molecule has 1 aromatic rings. The lowest BCUT2D eigenvalue weighted by atomic mass is 9.83. The molecule has 0 bridgehead atoms. The molecular weight excluding hydrogens is 216 g/mol. The molecule has 3 rings (SSSR count). The molecule has 1 aliphatic carbocycles. The molecular formula is C14H16O3. The molecule has 0 atom stereocenters. The van der Waals surface area contributed by atoms with E-state index >= 15 is 0 Å². The Kier molecular flexibility index (Phi) is 2.35. The average molecular weight is 232 g/mol. The van der Waals surface area contributed by atoms with Crippen LogP contribution in [0.2, 0.25) is 0 Å². The number of rotatable bonds is 0. The van der Waals surface area contributed by atoms with Gasteiger partial charge < -0.3 is 9.15 Å². The van der Waals surface area contributed by atoms with Gasteiger partial charge in [0.1, 0.15) is 22.7 Å². The van der Waals surface area contributed by atoms with Gasteiger partial charge in [-0.25, -0.2) is 4.79 Å². The third-order valence-corrected chi connectivity index (χ3v) is 3.64. The SMILES string of the molecule is Cc1cc2c(c(=O)o1)C=CC1(CCCCC1)O2. The van der Waals surface area contributed by atoms with Crippen molar-refractivity contribution in [2.24, 2.45) is 0 Å². The van der Waals surface area contributed by atoms with Crippen LogP contribution in [0, 0.1) is 6.92 Å². The minimum absolute atomic E-state index is 0.175. The molecule has 0 radical (unpaired) electrons. The summed E-state index contributed by atoms with van der Waals surface area (Å²) in [6.07, 6.45) is 9.67. The first-order chi connectivity index (χ1) is 8.19. The second-order valence-corrected chi connectivity index (χ2v) is 4.98. The van der Waals surface area contributed by atoms with Crippen LogP contribution in [0.1, 0.15) is 43.4 Å². The smallest absolute Gasteiger partial charge is 0.346 e. The topological polar surface area (TPSA) is 39.4 Å². The van der Waals surface area contributed by atoms with E-state index in [-0.39, 0.29) is 11.2 Å². The van der Waals surface area contributed by atoms with Gasteiger partial charge in [-0.05, 0) is 44.8 Å². The molecule has 0 unspecified atom stereocenters. The molecule has 0 saturated heterocycles. The van der Waals surface area contributed by atoms with Crippen LogP contribution in [0.25, 0.3) is 6.08 Å². The summed E-state index contributed by atoms with van der Waals surface area (Å²) in [7, 11) is 0. The summed E-state index contributed by atoms with van der Waals surface area (Å²) < 4.78 is 11.1. The molecule has 3 nitrogen and oxygen atoms in total. The van der Waals surface area contributed by atoms with E-state index in [1.807, 2.05) is 18.2 Å². The Hall–Kier alpha value is -1.51. The predicted molar refractivity (Wildman–Crippen MR) is 65.2 cm³/mol. The van der Waals surface area contributed by atoms with Gasteiger partial charge in [-0.15, -0.1) is 0 Å². The van der Waals surface area contributed by atoms with Gasteiger partial charge in [0.05, 0.1) is 0 Å². The summed E-state index contributed by atoms with van der Waals surface area (Å²) in [5, 5.41) is 0. The van der Waals surface area contributed by atoms with E-state index in [0.717, 1.165) is 12.8 Å². The summed E-state index contributed by atoms with van der Waals surface area (Å²) in [5.74, 6) is 1.29. The molecule has 0 aromatic carbocycles. The molecule has 0 amide bonds. The summed E-state index contributed by atoms with van der Waals surface area (Å²) >= 11 is 0. The molecule has 90 valence electrons. The van der Waals surface area contributed by atoms with Crippen molar-refractivity contribution in [2.45, 2.75) is 44.6 Å². The predicted octanol–water partition coefficient (Wildman–Crippen LogP) is 3.06. The maximum absolute atomic E-state index is 11.7. The van der Waals surface area contributed by atoms with Gasteiger partial charge in [-0.2, -0.15) is 0 Å². The number of fused-ring (bicyclic) bond motifs is 1. The Morgan fingerprint density at radius 3 is 2.76 bits per heavy atom. The summed E-state index contributed by atoms with van der Waals surface area (Å²) in [6, 6.07) is 1.82. The van der Waals surface area contributed by atoms with Gasteiger partial charge in [0.15, 0.2) is 0 Å². The molecule has 17 heavy (non-hydrogen) atoms. The van der Waals surface area contributed by atoms with Crippen LogP contribution in [0.5, 0.6) is 5.75 Å². The molecule has 3 heteroatoms. The standard InChI is InChI=1S/C14H16O3/c1-10-9-12-11(13(15)16-10)5-8-14(17-12)6-3-2-4-7-14/h5,8-9H,2-4,6-7H2,1H3. The highest BCUT2D eigenvalue weighted by atomic mass is 16.5. The third kappa shape index (κ3) is 1.79. The monoisotopic (exact) mass is 232 g/mol. The van der Waals surface area contributed by atoms with Gasteiger partial charge >= 0.3 is 5.63 Å². The van der Waals surface area contributed by atoms with Crippen molar-refractivity contribution < 1.29 is 9.15 Å². The molecule has 2 heterocycles. The lowest BCUT2D eigenvalue weighted by Gasteiger charge is -2.37. The summed E-state index contributed by atoms with van der Waals surface area (Å²) in [6.45, 7) is 1.77. The fourth-order valence-electron chi connectivity index (χ4n) is 2.74. The fraction of sp³-hybridized carbons (Fsp3) is 0.500. The van der Waals surface area contributed by atoms with Crippen LogP contribution in [0.3, 0.4) is 0 Å². The largest absolute Gasteiger partial charge is 0.482 e. The van der Waals surface area contributed by atoms with Crippen LogP contribution >= 0.6 is 0 Å². The Balaban J connectivity index is 2.03. The van der Waals surface area contributed by atoms with Crippen LogP contribution in [-0.2, 0) is 0 Å². The molecule has 1 fully saturated rings. The van der Waals surface area contributed by atoms with Gasteiger partial charge in [-0.1, -0.05) is 6.42 Å². The fourth-order valence-corrected chi connectivity index (χ4v) is 2.74. The van der Waals surface area contributed by atoms with Crippen LogP contribution < -0.4 is 10.4 Å². The molecule has 2 aliphatic rings. The van der Waals surface area contributed by atoms with Crippen molar-refractivity contribution in [3.63, 3.8) is 0 Å². The van der Waals surface area contributed by atoms with E-state index in [1.54, 1.807) is 6.92 Å². The second kappa shape index (κ2) is 3.76. The summed E-state index contributed by atoms with van der Waals surface area (Å²) in [5.41, 5.74) is 0.0691. The first-order valence-corrected chi connectivity index (χ1v) is 6.22. The maximum atomic E-state index is 11.7. The Morgan fingerprint density at radius 1 is 1.24 bits per heavy atom. The minimum Gasteiger partial charge on any atom is -0.482 e. The minimum atomic E-state index is -0.304. The number of hydrogen-bond acceptors (Lipinski definition) is 3. The van der Waals surface area contributed by atoms with Crippen molar-refractivity contribution in [3.8, 4) is 5.75 Å². The lowest BCUT2D eigenvalue weighted by molar-refractivity contribution is 0.0741. The van der Waals surface area contributed by atoms with Crippen molar-refractivity contribution in [2.75, 3.05) is 0 Å². The van der Waals surface area contributed by atoms with E-state index in [4.69, 9.17) is 9.15 Å². The highest BCUT2D eigenvalue weighted by Gasteiger charge is 2.35. The first-order valence-electron chi connectivity index (χ1n) is 6.22. The highest BCUT2D eigenvalue weighted by molar-refractivity contribution is 5.59. The second-order valence-electron chi connectivity index (χ2n) is 4.98. The maximum Gasteiger partial charge on any atom is 0.346 e. The van der Waals surface area contributed by atoms with Crippen molar-refractivity contribution >= 4 is 6.08 Å². The van der Waals surface area contributed by atoms with E-state index in [9.17, 15) is 4.79 Å². The van der Waals surface area contributed by atoms with Crippen molar-refractivity contribution in [3.05, 3.63) is 33.9 Å². The Labute approximate surface area is 100 Å². The zero-order valence-electron chi connectivity index (χ0n) is 9.99. The number of hydrogen-bond donors (Lipinski definition) is 0. The van der Waals surface area contributed by atoms with Crippen LogP contribution in [0.4, 0.5) is 0 Å². The average Bonchev–Trinajstić information content (AvgIpc) is 2.29. The van der Waals surface area contributed by atoms with E-state index in [2.05, 4.69) is 0 Å². The zero-order chi connectivity index (χ0) is 11.9. The zero-order valence-corrected chi connectivity index (χ0v) is 9.99. The molecule has 1 spiro atoms. The van der Waals surface area contributed by atoms with Gasteiger partial charge in [0.2, 0.25) is 0 Å². The van der Waals surface area contributed by atoms with E-state index in [1.165, 1.54) is 19.3 Å². The van der Waals surface area contributed by atoms with Crippen molar-refractivity contribution in [1.82, 2.24) is 0 Å². The van der Waals surface area contributed by atoms with Crippen molar-refractivity contribution in [1.29, 1.82) is 0 Å². The van der Waals surface area contributed by atoms with Crippen LogP contribution in [-0.4, -0.2) is 5.60 Å². The lowest BCUT2D eigenvalue weighted by Crippen LogP contribution is -2.38. The molecule has 1 saturated carbocycles. The number of aryl methyl sites for hydroxylation is 1. The molecule has 0 N–H and O–H groups in total. The normalized spacial score (nSPS) is 21.0.